The molecule has 1 N–H and O–H groups in total. The number of benzene rings is 1. The van der Waals surface area contributed by atoms with Gasteiger partial charge in [0.1, 0.15) is 23.0 Å². The lowest BCUT2D eigenvalue weighted by Crippen LogP contribution is -2.24. The maximum absolute atomic E-state index is 12.0. The number of nitrogens with one attached hydrogen (secondary N) is 1. The maximum atomic E-state index is 12.0. The lowest BCUT2D eigenvalue weighted by atomic mass is 10.1. The second-order valence-corrected chi connectivity index (χ2v) is 5.44. The Kier molecular flexibility index (Phi) is 4.48. The van der Waals surface area contributed by atoms with Gasteiger partial charge in [-0.3, -0.25) is 4.79 Å². The van der Waals surface area contributed by atoms with Crippen LogP contribution in [-0.2, 0) is 11.2 Å². The summed E-state index contributed by atoms with van der Waals surface area (Å²) in [7, 11) is 1.57. The molecule has 0 saturated carbocycles. The monoisotopic (exact) mass is 330 g/mol. The lowest BCUT2D eigenvalue weighted by molar-refractivity contribution is -0.115. The molecule has 2 aromatic rings. The van der Waals surface area contributed by atoms with Crippen LogP contribution in [0.4, 0.5) is 0 Å². The number of aryl methyl sites for hydroxylation is 1. The van der Waals surface area contributed by atoms with Crippen LogP contribution in [-0.4, -0.2) is 18.9 Å². The Morgan fingerprint density at radius 1 is 1.35 bits per heavy atom. The van der Waals surface area contributed by atoms with E-state index in [1.165, 1.54) is 0 Å². The molecule has 1 amide bonds. The number of hydrogen-bond acceptors (Lipinski definition) is 4. The second-order valence-electron chi connectivity index (χ2n) is 5.01. The molecule has 2 heterocycles. The van der Waals surface area contributed by atoms with Gasteiger partial charge in [0.05, 0.1) is 13.4 Å². The van der Waals surface area contributed by atoms with Gasteiger partial charge in [-0.2, -0.15) is 0 Å². The van der Waals surface area contributed by atoms with Crippen molar-refractivity contribution in [2.75, 3.05) is 7.11 Å². The quantitative estimate of drug-likeness (QED) is 0.854. The molecule has 3 rings (SSSR count). The topological polar surface area (TPSA) is 63.8 Å². The van der Waals surface area contributed by atoms with Gasteiger partial charge < -0.3 is 14.5 Å². The van der Waals surface area contributed by atoms with Crippen molar-refractivity contribution in [3.05, 3.63) is 58.6 Å². The number of aliphatic imine (C=N–C) groups is 1. The molecule has 0 aliphatic carbocycles. The lowest BCUT2D eigenvalue weighted by Gasteiger charge is -2.05. The van der Waals surface area contributed by atoms with Crippen molar-refractivity contribution in [1.29, 1.82) is 0 Å². The molecule has 6 heteroatoms. The Bertz CT molecular complexity index is 779. The SMILES string of the molecule is COc1ccc(Cl)cc1/C=C1/N=C(CCc2ccco2)NC1=O. The van der Waals surface area contributed by atoms with Crippen LogP contribution in [0.2, 0.25) is 5.02 Å². The number of halogens is 1. The zero-order valence-corrected chi connectivity index (χ0v) is 13.3. The van der Waals surface area contributed by atoms with E-state index in [9.17, 15) is 4.79 Å². The Morgan fingerprint density at radius 3 is 2.96 bits per heavy atom. The predicted octanol–water partition coefficient (Wildman–Crippen LogP) is 3.44. The van der Waals surface area contributed by atoms with Crippen molar-refractivity contribution >= 4 is 29.4 Å². The summed E-state index contributed by atoms with van der Waals surface area (Å²) in [5.41, 5.74) is 1.04. The van der Waals surface area contributed by atoms with E-state index in [4.69, 9.17) is 20.8 Å². The molecule has 1 aliphatic rings. The summed E-state index contributed by atoms with van der Waals surface area (Å²) in [4.78, 5) is 16.4. The summed E-state index contributed by atoms with van der Waals surface area (Å²) in [6, 6.07) is 8.95. The molecule has 0 saturated heterocycles. The standard InChI is InChI=1S/C17H15ClN2O3/c1-22-15-6-4-12(18)9-11(15)10-14-17(21)20-16(19-14)7-5-13-3-2-8-23-13/h2-4,6,8-10H,5,7H2,1H3,(H,19,20,21)/b14-10+. The van der Waals surface area contributed by atoms with Crippen molar-refractivity contribution in [3.8, 4) is 5.75 Å². The minimum absolute atomic E-state index is 0.235. The molecule has 23 heavy (non-hydrogen) atoms. The van der Waals surface area contributed by atoms with Gasteiger partial charge in [-0.15, -0.1) is 0 Å². The number of nitrogens with zero attached hydrogens (tertiary/aromatic N) is 1. The van der Waals surface area contributed by atoms with Crippen LogP contribution in [0.1, 0.15) is 17.7 Å². The number of furan rings is 1. The van der Waals surface area contributed by atoms with Gasteiger partial charge in [-0.1, -0.05) is 11.6 Å². The smallest absolute Gasteiger partial charge is 0.275 e. The molecule has 1 aromatic carbocycles. The van der Waals surface area contributed by atoms with E-state index in [1.807, 2.05) is 12.1 Å². The van der Waals surface area contributed by atoms with Crippen LogP contribution in [0, 0.1) is 0 Å². The fourth-order valence-electron chi connectivity index (χ4n) is 2.30. The third-order valence-corrected chi connectivity index (χ3v) is 3.65. The summed E-state index contributed by atoms with van der Waals surface area (Å²) in [6.07, 6.45) is 4.57. The summed E-state index contributed by atoms with van der Waals surface area (Å²) in [6.45, 7) is 0. The summed E-state index contributed by atoms with van der Waals surface area (Å²) >= 11 is 6.00. The van der Waals surface area contributed by atoms with Gasteiger partial charge in [0.15, 0.2) is 0 Å². The fourth-order valence-corrected chi connectivity index (χ4v) is 2.48. The fraction of sp³-hybridized carbons (Fsp3) is 0.176. The first-order chi connectivity index (χ1) is 11.2. The average molecular weight is 331 g/mol. The minimum atomic E-state index is -0.235. The highest BCUT2D eigenvalue weighted by Gasteiger charge is 2.20. The number of amides is 1. The number of methoxy groups -OCH3 is 1. The Hall–Kier alpha value is -2.53. The van der Waals surface area contributed by atoms with Crippen LogP contribution in [0.3, 0.4) is 0 Å². The molecule has 0 radical (unpaired) electrons. The zero-order chi connectivity index (χ0) is 16.2. The van der Waals surface area contributed by atoms with Crippen LogP contribution in [0.15, 0.2) is 51.7 Å². The number of rotatable bonds is 5. The summed E-state index contributed by atoms with van der Waals surface area (Å²) in [5, 5.41) is 3.33. The number of amidine groups is 1. The molecule has 1 aliphatic heterocycles. The van der Waals surface area contributed by atoms with E-state index in [-0.39, 0.29) is 5.91 Å². The van der Waals surface area contributed by atoms with Gasteiger partial charge in [0.25, 0.3) is 5.91 Å². The van der Waals surface area contributed by atoms with Crippen LogP contribution in [0.5, 0.6) is 5.75 Å². The molecule has 0 fully saturated rings. The second kappa shape index (κ2) is 6.71. The minimum Gasteiger partial charge on any atom is -0.496 e. The molecule has 1 aromatic heterocycles. The van der Waals surface area contributed by atoms with Crippen molar-refractivity contribution in [3.63, 3.8) is 0 Å². The molecular formula is C17H15ClN2O3. The van der Waals surface area contributed by atoms with E-state index in [0.717, 1.165) is 5.76 Å². The van der Waals surface area contributed by atoms with Gasteiger partial charge in [0, 0.05) is 23.4 Å². The zero-order valence-electron chi connectivity index (χ0n) is 12.5. The normalized spacial score (nSPS) is 15.7. The third kappa shape index (κ3) is 3.63. The van der Waals surface area contributed by atoms with Gasteiger partial charge in [-0.25, -0.2) is 4.99 Å². The van der Waals surface area contributed by atoms with E-state index in [2.05, 4.69) is 10.3 Å². The van der Waals surface area contributed by atoms with Crippen molar-refractivity contribution < 1.29 is 13.9 Å². The van der Waals surface area contributed by atoms with E-state index in [0.29, 0.717) is 40.7 Å². The van der Waals surface area contributed by atoms with Crippen molar-refractivity contribution in [1.82, 2.24) is 5.32 Å². The molecule has 118 valence electrons. The molecule has 0 atom stereocenters. The Labute approximate surface area is 138 Å². The average Bonchev–Trinajstić information content (AvgIpc) is 3.16. The molecule has 0 unspecified atom stereocenters. The first-order valence-corrected chi connectivity index (χ1v) is 7.50. The highest BCUT2D eigenvalue weighted by atomic mass is 35.5. The number of ether oxygens (including phenoxy) is 1. The van der Waals surface area contributed by atoms with Crippen molar-refractivity contribution in [2.45, 2.75) is 12.8 Å². The maximum Gasteiger partial charge on any atom is 0.275 e. The molecule has 0 spiro atoms. The largest absolute Gasteiger partial charge is 0.496 e. The van der Waals surface area contributed by atoms with Crippen LogP contribution < -0.4 is 10.1 Å². The van der Waals surface area contributed by atoms with E-state index < -0.39 is 0 Å². The summed E-state index contributed by atoms with van der Waals surface area (Å²) < 4.78 is 10.5. The molecule has 5 nitrogen and oxygen atoms in total. The highest BCUT2D eigenvalue weighted by molar-refractivity contribution is 6.30. The summed E-state index contributed by atoms with van der Waals surface area (Å²) in [5.74, 6) is 1.88. The van der Waals surface area contributed by atoms with Gasteiger partial charge in [-0.05, 0) is 36.4 Å². The Balaban J connectivity index is 1.79. The number of carbonyl (C=O) groups is 1. The van der Waals surface area contributed by atoms with Crippen LogP contribution in [0.25, 0.3) is 6.08 Å². The van der Waals surface area contributed by atoms with Crippen LogP contribution >= 0.6 is 11.6 Å². The number of carbonyl (C=O) groups excluding carboxylic acids is 1. The highest BCUT2D eigenvalue weighted by Crippen LogP contribution is 2.26. The van der Waals surface area contributed by atoms with Gasteiger partial charge >= 0.3 is 0 Å². The van der Waals surface area contributed by atoms with Gasteiger partial charge in [0.2, 0.25) is 0 Å². The molecular weight excluding hydrogens is 316 g/mol. The Morgan fingerprint density at radius 2 is 2.22 bits per heavy atom. The molecule has 0 bridgehead atoms. The van der Waals surface area contributed by atoms with E-state index in [1.54, 1.807) is 37.6 Å². The predicted molar refractivity (Wildman–Crippen MR) is 88.6 cm³/mol. The van der Waals surface area contributed by atoms with Crippen molar-refractivity contribution in [2.24, 2.45) is 4.99 Å². The first-order valence-electron chi connectivity index (χ1n) is 7.12. The first kappa shape index (κ1) is 15.4. The third-order valence-electron chi connectivity index (χ3n) is 3.42. The van der Waals surface area contributed by atoms with E-state index >= 15 is 0 Å². The number of hydrogen-bond donors (Lipinski definition) is 1.